The average Bonchev–Trinajstić information content (AvgIpc) is 2.42. The number of hydrogen-bond donors (Lipinski definition) is 0. The molecule has 0 amide bonds. The first kappa shape index (κ1) is 15.7. The number of hydrogen-bond acceptors (Lipinski definition) is 2. The first-order chi connectivity index (χ1) is 9.88. The molecule has 3 nitrogen and oxygen atoms in total. The molecule has 0 N–H and O–H groups in total. The van der Waals surface area contributed by atoms with Gasteiger partial charge in [-0.15, -0.1) is 0 Å². The van der Waals surface area contributed by atoms with Crippen molar-refractivity contribution in [2.75, 3.05) is 6.26 Å². The Morgan fingerprint density at radius 2 is 1.43 bits per heavy atom. The zero-order valence-corrected chi connectivity index (χ0v) is 13.5. The van der Waals surface area contributed by atoms with Crippen LogP contribution in [-0.2, 0) is 23.1 Å². The maximum Gasteiger partial charge on any atom is 0.211 e. The van der Waals surface area contributed by atoms with Gasteiger partial charge in [0.15, 0.2) is 0 Å². The third-order valence-electron chi connectivity index (χ3n) is 3.65. The van der Waals surface area contributed by atoms with E-state index in [0.717, 1.165) is 22.3 Å². The molecule has 2 aromatic rings. The van der Waals surface area contributed by atoms with Crippen molar-refractivity contribution < 1.29 is 8.42 Å². The van der Waals surface area contributed by atoms with Crippen molar-refractivity contribution >= 4 is 10.0 Å². The van der Waals surface area contributed by atoms with Crippen LogP contribution in [0.1, 0.15) is 22.3 Å². The maximum atomic E-state index is 12.1. The highest BCUT2D eigenvalue weighted by atomic mass is 32.2. The molecular weight excluding hydrogens is 282 g/mol. The predicted octanol–water partition coefficient (Wildman–Crippen LogP) is 3.27. The van der Waals surface area contributed by atoms with Crippen LogP contribution in [0, 0.1) is 13.8 Å². The molecule has 0 saturated heterocycles. The fourth-order valence-electron chi connectivity index (χ4n) is 2.35. The monoisotopic (exact) mass is 303 g/mol. The maximum absolute atomic E-state index is 12.1. The number of sulfonamides is 1. The lowest BCUT2D eigenvalue weighted by Gasteiger charge is -2.22. The molecule has 0 saturated carbocycles. The lowest BCUT2D eigenvalue weighted by Crippen LogP contribution is -2.29. The molecule has 0 aliphatic carbocycles. The van der Waals surface area contributed by atoms with Crippen molar-refractivity contribution in [3.8, 4) is 0 Å². The third kappa shape index (κ3) is 4.16. The summed E-state index contributed by atoms with van der Waals surface area (Å²) in [5.74, 6) is 0. The molecule has 0 bridgehead atoms. The van der Waals surface area contributed by atoms with Gasteiger partial charge in [0.2, 0.25) is 10.0 Å². The summed E-state index contributed by atoms with van der Waals surface area (Å²) < 4.78 is 25.7. The fourth-order valence-corrected chi connectivity index (χ4v) is 3.10. The van der Waals surface area contributed by atoms with Gasteiger partial charge in [0.1, 0.15) is 0 Å². The highest BCUT2D eigenvalue weighted by Crippen LogP contribution is 2.19. The summed E-state index contributed by atoms with van der Waals surface area (Å²) in [6.07, 6.45) is 1.27. The van der Waals surface area contributed by atoms with E-state index in [1.807, 2.05) is 62.4 Å². The van der Waals surface area contributed by atoms with Gasteiger partial charge in [-0.05, 0) is 36.1 Å². The topological polar surface area (TPSA) is 37.4 Å². The molecule has 0 spiro atoms. The highest BCUT2D eigenvalue weighted by molar-refractivity contribution is 7.88. The Bertz CT molecular complexity index is 689. The Labute approximate surface area is 127 Å². The Morgan fingerprint density at radius 1 is 0.857 bits per heavy atom. The van der Waals surface area contributed by atoms with Crippen LogP contribution >= 0.6 is 0 Å². The molecule has 2 rings (SSSR count). The Morgan fingerprint density at radius 3 is 1.95 bits per heavy atom. The molecule has 21 heavy (non-hydrogen) atoms. The van der Waals surface area contributed by atoms with Crippen LogP contribution in [0.25, 0.3) is 0 Å². The predicted molar refractivity (Wildman–Crippen MR) is 86.4 cm³/mol. The smallest absolute Gasteiger partial charge is 0.211 e. The average molecular weight is 303 g/mol. The Kier molecular flexibility index (Phi) is 4.80. The highest BCUT2D eigenvalue weighted by Gasteiger charge is 2.19. The van der Waals surface area contributed by atoms with Crippen LogP contribution in [-0.4, -0.2) is 19.0 Å². The van der Waals surface area contributed by atoms with Gasteiger partial charge >= 0.3 is 0 Å². The van der Waals surface area contributed by atoms with E-state index in [9.17, 15) is 8.42 Å². The van der Waals surface area contributed by atoms with Crippen molar-refractivity contribution in [2.45, 2.75) is 26.9 Å². The molecule has 0 fully saturated rings. The summed E-state index contributed by atoms with van der Waals surface area (Å²) in [5, 5.41) is 0. The normalized spacial score (nSPS) is 11.8. The van der Waals surface area contributed by atoms with Gasteiger partial charge in [-0.25, -0.2) is 8.42 Å². The van der Waals surface area contributed by atoms with Crippen LogP contribution in [0.2, 0.25) is 0 Å². The molecule has 0 aliphatic rings. The van der Waals surface area contributed by atoms with E-state index < -0.39 is 10.0 Å². The van der Waals surface area contributed by atoms with E-state index in [2.05, 4.69) is 0 Å². The van der Waals surface area contributed by atoms with Gasteiger partial charge in [-0.1, -0.05) is 48.5 Å². The van der Waals surface area contributed by atoms with Crippen LogP contribution in [0.15, 0.2) is 48.5 Å². The van der Waals surface area contributed by atoms with Gasteiger partial charge < -0.3 is 0 Å². The summed E-state index contributed by atoms with van der Waals surface area (Å²) >= 11 is 0. The molecule has 0 heterocycles. The zero-order chi connectivity index (χ0) is 15.5. The Hall–Kier alpha value is -1.65. The van der Waals surface area contributed by atoms with Crippen molar-refractivity contribution in [1.29, 1.82) is 0 Å². The first-order valence-electron chi connectivity index (χ1n) is 6.92. The zero-order valence-electron chi connectivity index (χ0n) is 12.7. The van der Waals surface area contributed by atoms with Crippen molar-refractivity contribution in [1.82, 2.24) is 4.31 Å². The van der Waals surface area contributed by atoms with Gasteiger partial charge in [0.25, 0.3) is 0 Å². The second-order valence-electron chi connectivity index (χ2n) is 5.39. The standard InChI is InChI=1S/C17H21NO2S/c1-14-8-7-9-15(2)17(14)13-18(21(3,19)20)12-16-10-5-4-6-11-16/h4-11H,12-13H2,1-3H3. The molecule has 4 heteroatoms. The fraction of sp³-hybridized carbons (Fsp3) is 0.294. The van der Waals surface area contributed by atoms with Crippen LogP contribution in [0.4, 0.5) is 0 Å². The molecule has 0 aliphatic heterocycles. The van der Waals surface area contributed by atoms with Crippen molar-refractivity contribution in [3.63, 3.8) is 0 Å². The van der Waals surface area contributed by atoms with E-state index >= 15 is 0 Å². The lowest BCUT2D eigenvalue weighted by atomic mass is 10.0. The summed E-state index contributed by atoms with van der Waals surface area (Å²) in [4.78, 5) is 0. The van der Waals surface area contributed by atoms with E-state index in [1.54, 1.807) is 0 Å². The van der Waals surface area contributed by atoms with Gasteiger partial charge in [-0.2, -0.15) is 4.31 Å². The SMILES string of the molecule is Cc1cccc(C)c1CN(Cc1ccccc1)S(C)(=O)=O. The van der Waals surface area contributed by atoms with E-state index in [1.165, 1.54) is 10.6 Å². The minimum atomic E-state index is -3.26. The summed E-state index contributed by atoms with van der Waals surface area (Å²) in [6, 6.07) is 15.7. The van der Waals surface area contributed by atoms with Gasteiger partial charge in [-0.3, -0.25) is 0 Å². The van der Waals surface area contributed by atoms with E-state index in [-0.39, 0.29) is 0 Å². The number of aryl methyl sites for hydroxylation is 2. The van der Waals surface area contributed by atoms with E-state index in [0.29, 0.717) is 13.1 Å². The minimum Gasteiger partial charge on any atom is -0.212 e. The number of rotatable bonds is 5. The number of benzene rings is 2. The second kappa shape index (κ2) is 6.41. The molecular formula is C17H21NO2S. The van der Waals surface area contributed by atoms with E-state index in [4.69, 9.17) is 0 Å². The second-order valence-corrected chi connectivity index (χ2v) is 7.37. The Balaban J connectivity index is 2.30. The molecule has 2 aromatic carbocycles. The quantitative estimate of drug-likeness (QED) is 0.850. The molecule has 0 atom stereocenters. The number of nitrogens with zero attached hydrogens (tertiary/aromatic N) is 1. The molecule has 0 aromatic heterocycles. The largest absolute Gasteiger partial charge is 0.212 e. The van der Waals surface area contributed by atoms with Crippen molar-refractivity contribution in [2.24, 2.45) is 0 Å². The minimum absolute atomic E-state index is 0.396. The van der Waals surface area contributed by atoms with Crippen molar-refractivity contribution in [3.05, 3.63) is 70.8 Å². The summed E-state index contributed by atoms with van der Waals surface area (Å²) in [7, 11) is -3.26. The molecule has 112 valence electrons. The van der Waals surface area contributed by atoms with Gasteiger partial charge in [0.05, 0.1) is 6.26 Å². The first-order valence-corrected chi connectivity index (χ1v) is 8.77. The van der Waals surface area contributed by atoms with Crippen LogP contribution < -0.4 is 0 Å². The third-order valence-corrected chi connectivity index (χ3v) is 4.85. The van der Waals surface area contributed by atoms with Crippen LogP contribution in [0.5, 0.6) is 0 Å². The molecule has 0 radical (unpaired) electrons. The summed E-state index contributed by atoms with van der Waals surface area (Å²) in [6.45, 7) is 4.84. The van der Waals surface area contributed by atoms with Gasteiger partial charge in [0, 0.05) is 13.1 Å². The molecule has 0 unspecified atom stereocenters. The van der Waals surface area contributed by atoms with Crippen LogP contribution in [0.3, 0.4) is 0 Å². The summed E-state index contributed by atoms with van der Waals surface area (Å²) in [5.41, 5.74) is 4.32. The lowest BCUT2D eigenvalue weighted by molar-refractivity contribution is 0.403.